The number of benzene rings is 1. The van der Waals surface area contributed by atoms with E-state index >= 15 is 0 Å². The molecule has 3 aromatic heterocycles. The Morgan fingerprint density at radius 3 is 2.90 bits per heavy atom. The summed E-state index contributed by atoms with van der Waals surface area (Å²) in [5.74, 6) is -0.521. The Labute approximate surface area is 183 Å². The Kier molecular flexibility index (Phi) is 5.85. The van der Waals surface area contributed by atoms with Crippen molar-refractivity contribution < 1.29 is 14.3 Å². The minimum Gasteiger partial charge on any atom is -0.457 e. The van der Waals surface area contributed by atoms with Crippen LogP contribution in [0.4, 0.5) is 0 Å². The van der Waals surface area contributed by atoms with Crippen molar-refractivity contribution >= 4 is 39.5 Å². The number of fused-ring (bicyclic) bond motifs is 2. The molecule has 0 saturated carbocycles. The van der Waals surface area contributed by atoms with E-state index < -0.39 is 12.1 Å². The average molecular weight is 435 g/mol. The topological polar surface area (TPSA) is 90.0 Å². The van der Waals surface area contributed by atoms with Gasteiger partial charge in [-0.05, 0) is 36.8 Å². The van der Waals surface area contributed by atoms with Gasteiger partial charge in [-0.2, -0.15) is 5.26 Å². The molecule has 31 heavy (non-hydrogen) atoms. The largest absolute Gasteiger partial charge is 0.457 e. The molecule has 0 radical (unpaired) electrons. The highest BCUT2D eigenvalue weighted by Crippen LogP contribution is 2.26. The number of carbonyl (C=O) groups excluding carboxylic acids is 1. The van der Waals surface area contributed by atoms with Crippen LogP contribution in [0.3, 0.4) is 0 Å². The van der Waals surface area contributed by atoms with Crippen LogP contribution in [0.25, 0.3) is 21.9 Å². The van der Waals surface area contributed by atoms with Crippen molar-refractivity contribution in [3.05, 3.63) is 70.6 Å². The molecule has 7 nitrogen and oxygen atoms in total. The summed E-state index contributed by atoms with van der Waals surface area (Å²) in [5.41, 5.74) is 3.02. The molecule has 0 fully saturated rings. The van der Waals surface area contributed by atoms with Crippen molar-refractivity contribution in [1.29, 1.82) is 5.26 Å². The lowest BCUT2D eigenvalue weighted by atomic mass is 10.1. The highest BCUT2D eigenvalue weighted by molar-refractivity contribution is 6.31. The summed E-state index contributed by atoms with van der Waals surface area (Å²) in [4.78, 5) is 21.6. The maximum atomic E-state index is 12.8. The summed E-state index contributed by atoms with van der Waals surface area (Å²) in [5, 5.41) is 11.5. The molecule has 0 unspecified atom stereocenters. The fourth-order valence-electron chi connectivity index (χ4n) is 3.55. The van der Waals surface area contributed by atoms with Gasteiger partial charge in [-0.25, -0.2) is 9.78 Å². The molecule has 0 aliphatic heterocycles. The lowest BCUT2D eigenvalue weighted by Gasteiger charge is -2.11. The van der Waals surface area contributed by atoms with Crippen LogP contribution in [0.2, 0.25) is 5.02 Å². The van der Waals surface area contributed by atoms with Gasteiger partial charge in [0, 0.05) is 37.6 Å². The summed E-state index contributed by atoms with van der Waals surface area (Å²) in [6, 6.07) is 11.5. The molecule has 8 heteroatoms. The van der Waals surface area contributed by atoms with Crippen molar-refractivity contribution in [2.45, 2.75) is 19.6 Å². The molecule has 4 rings (SSSR count). The van der Waals surface area contributed by atoms with Crippen molar-refractivity contribution in [2.24, 2.45) is 0 Å². The molecule has 0 spiro atoms. The van der Waals surface area contributed by atoms with Crippen LogP contribution >= 0.6 is 11.6 Å². The van der Waals surface area contributed by atoms with Gasteiger partial charge >= 0.3 is 5.97 Å². The van der Waals surface area contributed by atoms with Gasteiger partial charge in [-0.3, -0.25) is 4.98 Å². The van der Waals surface area contributed by atoms with E-state index in [2.05, 4.69) is 16.0 Å². The van der Waals surface area contributed by atoms with Crippen LogP contribution in [-0.4, -0.2) is 40.3 Å². The lowest BCUT2D eigenvalue weighted by molar-refractivity contribution is 0.0122. The maximum absolute atomic E-state index is 12.8. The third kappa shape index (κ3) is 4.22. The summed E-state index contributed by atoms with van der Waals surface area (Å²) in [6.45, 7) is 2.47. The zero-order valence-corrected chi connectivity index (χ0v) is 17.8. The number of halogens is 1. The summed E-state index contributed by atoms with van der Waals surface area (Å²) in [7, 11) is 1.54. The molecule has 0 N–H and O–H groups in total. The van der Waals surface area contributed by atoms with Crippen LogP contribution in [-0.2, 0) is 16.0 Å². The number of ether oxygens (including phenoxy) is 2. The van der Waals surface area contributed by atoms with E-state index in [0.717, 1.165) is 16.5 Å². The van der Waals surface area contributed by atoms with Crippen molar-refractivity contribution in [3.63, 3.8) is 0 Å². The van der Waals surface area contributed by atoms with Gasteiger partial charge in [0.05, 0.1) is 39.7 Å². The number of hydrogen-bond donors (Lipinski definition) is 0. The van der Waals surface area contributed by atoms with E-state index in [0.29, 0.717) is 33.7 Å². The Morgan fingerprint density at radius 1 is 1.29 bits per heavy atom. The fraction of sp³-hybridized carbons (Fsp3) is 0.217. The van der Waals surface area contributed by atoms with Crippen LogP contribution in [0.15, 0.2) is 48.9 Å². The molecular formula is C23H19ClN4O3. The number of aromatic nitrogens is 3. The lowest BCUT2D eigenvalue weighted by Crippen LogP contribution is -2.19. The zero-order chi connectivity index (χ0) is 22.0. The van der Waals surface area contributed by atoms with Crippen molar-refractivity contribution in [1.82, 2.24) is 14.5 Å². The standard InChI is InChI=1S/C23H19ClN4O3/c1-14(13-30-2)31-23(29)19-12-28(22-21(19)16(9-25)5-6-26-22)11-15-3-4-20-17(7-15)8-18(24)10-27-20/h3-8,10,12,14H,11,13H2,1-2H3/t14-/m1/s1. The first-order valence-corrected chi connectivity index (χ1v) is 10.00. The zero-order valence-electron chi connectivity index (χ0n) is 17.0. The third-order valence-corrected chi connectivity index (χ3v) is 5.08. The SMILES string of the molecule is COC[C@@H](C)OC(=O)c1cn(Cc2ccc3ncc(Cl)cc3c2)c2nccc(C#N)c12. The highest BCUT2D eigenvalue weighted by Gasteiger charge is 2.22. The number of hydrogen-bond acceptors (Lipinski definition) is 6. The summed E-state index contributed by atoms with van der Waals surface area (Å²) < 4.78 is 12.4. The number of rotatable bonds is 6. The smallest absolute Gasteiger partial charge is 0.340 e. The van der Waals surface area contributed by atoms with Crippen LogP contribution in [0.5, 0.6) is 0 Å². The number of nitrogens with zero attached hydrogens (tertiary/aromatic N) is 4. The Balaban J connectivity index is 1.76. The summed E-state index contributed by atoms with van der Waals surface area (Å²) >= 11 is 6.08. The van der Waals surface area contributed by atoms with Crippen LogP contribution in [0, 0.1) is 11.3 Å². The van der Waals surface area contributed by atoms with E-state index in [9.17, 15) is 10.1 Å². The first kappa shape index (κ1) is 20.8. The molecule has 0 aliphatic rings. The predicted octanol–water partition coefficient (Wildman–Crippen LogP) is 4.35. The second kappa shape index (κ2) is 8.72. The molecule has 4 aromatic rings. The van der Waals surface area contributed by atoms with Crippen LogP contribution < -0.4 is 0 Å². The highest BCUT2D eigenvalue weighted by atomic mass is 35.5. The molecule has 0 aliphatic carbocycles. The predicted molar refractivity (Wildman–Crippen MR) is 117 cm³/mol. The number of methoxy groups -OCH3 is 1. The summed E-state index contributed by atoms with van der Waals surface area (Å²) in [6.07, 6.45) is 4.43. The number of pyridine rings is 2. The Bertz CT molecular complexity index is 1330. The minimum atomic E-state index is -0.521. The molecule has 0 amide bonds. The van der Waals surface area contributed by atoms with E-state index in [1.54, 1.807) is 38.7 Å². The van der Waals surface area contributed by atoms with Gasteiger partial charge in [-0.15, -0.1) is 0 Å². The first-order chi connectivity index (χ1) is 15.0. The number of carbonyl (C=O) groups is 1. The second-order valence-electron chi connectivity index (χ2n) is 7.19. The molecular weight excluding hydrogens is 416 g/mol. The van der Waals surface area contributed by atoms with Gasteiger partial charge in [0.2, 0.25) is 0 Å². The van der Waals surface area contributed by atoms with E-state index in [-0.39, 0.29) is 6.61 Å². The quantitative estimate of drug-likeness (QED) is 0.419. The monoisotopic (exact) mass is 434 g/mol. The molecule has 156 valence electrons. The number of nitriles is 1. The Hall–Kier alpha value is -3.47. The van der Waals surface area contributed by atoms with Gasteiger partial charge < -0.3 is 14.0 Å². The maximum Gasteiger partial charge on any atom is 0.340 e. The van der Waals surface area contributed by atoms with Gasteiger partial charge in [0.1, 0.15) is 11.8 Å². The van der Waals surface area contributed by atoms with Crippen molar-refractivity contribution in [3.8, 4) is 6.07 Å². The third-order valence-electron chi connectivity index (χ3n) is 4.87. The number of esters is 1. The van der Waals surface area contributed by atoms with Gasteiger partial charge in [0.25, 0.3) is 0 Å². The Morgan fingerprint density at radius 2 is 2.13 bits per heavy atom. The van der Waals surface area contributed by atoms with E-state index in [4.69, 9.17) is 21.1 Å². The van der Waals surface area contributed by atoms with Gasteiger partial charge in [0.15, 0.2) is 0 Å². The van der Waals surface area contributed by atoms with E-state index in [1.165, 1.54) is 0 Å². The fourth-order valence-corrected chi connectivity index (χ4v) is 3.71. The second-order valence-corrected chi connectivity index (χ2v) is 7.63. The van der Waals surface area contributed by atoms with E-state index in [1.807, 2.05) is 28.8 Å². The molecule has 1 aromatic carbocycles. The van der Waals surface area contributed by atoms with Gasteiger partial charge in [-0.1, -0.05) is 17.7 Å². The molecule has 0 bridgehead atoms. The molecule has 3 heterocycles. The molecule has 1 atom stereocenters. The van der Waals surface area contributed by atoms with Crippen LogP contribution in [0.1, 0.15) is 28.4 Å². The average Bonchev–Trinajstić information content (AvgIpc) is 3.12. The normalized spacial score (nSPS) is 12.1. The molecule has 0 saturated heterocycles. The first-order valence-electron chi connectivity index (χ1n) is 9.62. The van der Waals surface area contributed by atoms with Crippen molar-refractivity contribution in [2.75, 3.05) is 13.7 Å². The minimum absolute atomic E-state index is 0.279.